The molecule has 0 N–H and O–H groups in total. The van der Waals surface area contributed by atoms with Crippen molar-refractivity contribution in [3.63, 3.8) is 0 Å². The number of nitriles is 2. The molecule has 222 valence electrons. The van der Waals surface area contributed by atoms with Crippen LogP contribution in [0.3, 0.4) is 0 Å². The third-order valence-electron chi connectivity index (χ3n) is 9.42. The number of rotatable bonds is 4. The fourth-order valence-electron chi connectivity index (χ4n) is 7.35. The van der Waals surface area contributed by atoms with Gasteiger partial charge in [0.1, 0.15) is 0 Å². The second kappa shape index (κ2) is 10.9. The molecule has 0 radical (unpaired) electrons. The predicted octanol–water partition coefficient (Wildman–Crippen LogP) is 11.0. The lowest BCUT2D eigenvalue weighted by Gasteiger charge is -2.19. The second-order valence-corrected chi connectivity index (χ2v) is 12.0. The van der Waals surface area contributed by atoms with E-state index >= 15 is 0 Å². The van der Waals surface area contributed by atoms with Crippen molar-refractivity contribution in [3.05, 3.63) is 169 Å². The van der Waals surface area contributed by atoms with Crippen molar-refractivity contribution in [1.82, 2.24) is 9.13 Å². The first kappa shape index (κ1) is 27.4. The molecule has 0 amide bonds. The van der Waals surface area contributed by atoms with Crippen LogP contribution in [-0.4, -0.2) is 9.13 Å². The lowest BCUT2D eigenvalue weighted by Crippen LogP contribution is -2.01. The Morgan fingerprint density at radius 2 is 0.938 bits per heavy atom. The summed E-state index contributed by atoms with van der Waals surface area (Å²) >= 11 is 0. The molecule has 9 aromatic rings. The number of nitrogens with zero attached hydrogens (tertiary/aromatic N) is 4. The van der Waals surface area contributed by atoms with E-state index < -0.39 is 0 Å². The maximum atomic E-state index is 10.5. The van der Waals surface area contributed by atoms with E-state index in [1.807, 2.05) is 30.3 Å². The maximum absolute atomic E-state index is 10.5. The smallest absolute Gasteiger partial charge is 0.0998 e. The number of fused-ring (bicyclic) bond motifs is 6. The molecule has 9 rings (SSSR count). The topological polar surface area (TPSA) is 57.4 Å². The summed E-state index contributed by atoms with van der Waals surface area (Å²) in [6.07, 6.45) is 0. The van der Waals surface area contributed by atoms with E-state index in [4.69, 9.17) is 0 Å². The highest BCUT2D eigenvalue weighted by Crippen LogP contribution is 2.42. The van der Waals surface area contributed by atoms with Crippen LogP contribution in [0.1, 0.15) is 11.1 Å². The molecule has 48 heavy (non-hydrogen) atoms. The third kappa shape index (κ3) is 4.07. The Morgan fingerprint density at radius 1 is 0.417 bits per heavy atom. The van der Waals surface area contributed by atoms with Crippen LogP contribution < -0.4 is 0 Å². The summed E-state index contributed by atoms with van der Waals surface area (Å²) in [5.41, 5.74) is 11.1. The zero-order chi connectivity index (χ0) is 32.2. The largest absolute Gasteiger partial charge is 0.309 e. The summed E-state index contributed by atoms with van der Waals surface area (Å²) in [7, 11) is 0. The number of hydrogen-bond acceptors (Lipinski definition) is 2. The molecule has 0 atom stereocenters. The molecule has 4 nitrogen and oxygen atoms in total. The average Bonchev–Trinajstić information content (AvgIpc) is 3.67. The van der Waals surface area contributed by atoms with E-state index in [-0.39, 0.29) is 0 Å². The van der Waals surface area contributed by atoms with Gasteiger partial charge >= 0.3 is 0 Å². The maximum Gasteiger partial charge on any atom is 0.0998 e. The minimum Gasteiger partial charge on any atom is -0.309 e. The van der Waals surface area contributed by atoms with Gasteiger partial charge in [-0.25, -0.2) is 0 Å². The Morgan fingerprint density at radius 3 is 1.46 bits per heavy atom. The minimum absolute atomic E-state index is 0.563. The first-order valence-corrected chi connectivity index (χ1v) is 15.9. The molecule has 0 aliphatic heterocycles. The van der Waals surface area contributed by atoms with Crippen molar-refractivity contribution in [2.45, 2.75) is 0 Å². The highest BCUT2D eigenvalue weighted by Gasteiger charge is 2.21. The summed E-state index contributed by atoms with van der Waals surface area (Å²) in [6, 6.07) is 58.8. The van der Waals surface area contributed by atoms with Gasteiger partial charge in [-0.05, 0) is 77.4 Å². The molecule has 2 heterocycles. The van der Waals surface area contributed by atoms with E-state index in [9.17, 15) is 10.5 Å². The van der Waals surface area contributed by atoms with E-state index in [0.29, 0.717) is 11.1 Å². The number of para-hydroxylation sites is 4. The van der Waals surface area contributed by atoms with Gasteiger partial charge in [-0.1, -0.05) is 97.1 Å². The Bertz CT molecular complexity index is 2690. The van der Waals surface area contributed by atoms with Crippen molar-refractivity contribution >= 4 is 43.6 Å². The molecule has 0 saturated heterocycles. The van der Waals surface area contributed by atoms with Crippen molar-refractivity contribution in [2.75, 3.05) is 0 Å². The summed E-state index contributed by atoms with van der Waals surface area (Å²) in [4.78, 5) is 0. The van der Waals surface area contributed by atoms with Crippen LogP contribution in [0.2, 0.25) is 0 Å². The number of aromatic nitrogens is 2. The quantitative estimate of drug-likeness (QED) is 0.199. The Kier molecular flexibility index (Phi) is 6.22. The van der Waals surface area contributed by atoms with Crippen LogP contribution in [0, 0.1) is 22.7 Å². The number of benzene rings is 7. The standard InChI is InChI=1S/C44H26N4/c45-27-29-20-25-37(44-31(28-46)10-9-19-43(44)48-41-17-7-3-13-35(41)36-14-4-8-18-42(36)48)38(26-29)30-21-23-32(24-22-30)47-39-15-5-1-11-33(39)34-12-2-6-16-40(34)47/h1-26H. The van der Waals surface area contributed by atoms with Gasteiger partial charge in [-0.2, -0.15) is 10.5 Å². The van der Waals surface area contributed by atoms with E-state index in [0.717, 1.165) is 66.5 Å². The summed E-state index contributed by atoms with van der Waals surface area (Å²) in [5, 5.41) is 25.2. The van der Waals surface area contributed by atoms with Crippen LogP contribution in [0.5, 0.6) is 0 Å². The van der Waals surface area contributed by atoms with Crippen molar-refractivity contribution < 1.29 is 0 Å². The van der Waals surface area contributed by atoms with Crippen LogP contribution >= 0.6 is 0 Å². The van der Waals surface area contributed by atoms with Gasteiger partial charge in [-0.3, -0.25) is 0 Å². The van der Waals surface area contributed by atoms with Crippen LogP contribution in [0.4, 0.5) is 0 Å². The van der Waals surface area contributed by atoms with Crippen LogP contribution in [0.15, 0.2) is 158 Å². The van der Waals surface area contributed by atoms with Gasteiger partial charge < -0.3 is 9.13 Å². The molecule has 0 saturated carbocycles. The Labute approximate surface area is 277 Å². The molecule has 7 aromatic carbocycles. The van der Waals surface area contributed by atoms with Crippen LogP contribution in [-0.2, 0) is 0 Å². The molecule has 0 aliphatic rings. The summed E-state index contributed by atoms with van der Waals surface area (Å²) < 4.78 is 4.56. The minimum atomic E-state index is 0.563. The molecule has 0 bridgehead atoms. The van der Waals surface area contributed by atoms with Gasteiger partial charge in [0.25, 0.3) is 0 Å². The molecule has 0 fully saturated rings. The van der Waals surface area contributed by atoms with E-state index in [1.165, 1.54) is 10.8 Å². The molecular weight excluding hydrogens is 585 g/mol. The van der Waals surface area contributed by atoms with Gasteiger partial charge in [-0.15, -0.1) is 0 Å². The monoisotopic (exact) mass is 610 g/mol. The number of hydrogen-bond donors (Lipinski definition) is 0. The molecule has 4 heteroatoms. The average molecular weight is 611 g/mol. The lowest BCUT2D eigenvalue weighted by atomic mass is 9.89. The lowest BCUT2D eigenvalue weighted by molar-refractivity contribution is 1.18. The normalized spacial score (nSPS) is 11.3. The van der Waals surface area contributed by atoms with E-state index in [2.05, 4.69) is 149 Å². The molecular formula is C44H26N4. The van der Waals surface area contributed by atoms with Gasteiger partial charge in [0.05, 0.1) is 51.0 Å². The molecule has 2 aromatic heterocycles. The summed E-state index contributed by atoms with van der Waals surface area (Å²) in [5.74, 6) is 0. The highest BCUT2D eigenvalue weighted by atomic mass is 15.0. The predicted molar refractivity (Wildman–Crippen MR) is 195 cm³/mol. The van der Waals surface area contributed by atoms with E-state index in [1.54, 1.807) is 0 Å². The highest BCUT2D eigenvalue weighted by molar-refractivity contribution is 6.11. The first-order valence-electron chi connectivity index (χ1n) is 15.9. The van der Waals surface area contributed by atoms with Gasteiger partial charge in [0.2, 0.25) is 0 Å². The first-order chi connectivity index (χ1) is 23.7. The van der Waals surface area contributed by atoms with Crippen LogP contribution in [0.25, 0.3) is 77.2 Å². The second-order valence-electron chi connectivity index (χ2n) is 12.0. The third-order valence-corrected chi connectivity index (χ3v) is 9.42. The Balaban J connectivity index is 1.27. The van der Waals surface area contributed by atoms with Gasteiger partial charge in [0, 0.05) is 32.8 Å². The van der Waals surface area contributed by atoms with Gasteiger partial charge in [0.15, 0.2) is 0 Å². The fourth-order valence-corrected chi connectivity index (χ4v) is 7.35. The SMILES string of the molecule is N#Cc1ccc(-c2c(C#N)cccc2-n2c3ccccc3c3ccccc32)c(-c2ccc(-n3c4ccccc4c4ccccc43)cc2)c1. The van der Waals surface area contributed by atoms with Crippen molar-refractivity contribution in [2.24, 2.45) is 0 Å². The zero-order valence-electron chi connectivity index (χ0n) is 25.8. The molecule has 0 unspecified atom stereocenters. The zero-order valence-corrected chi connectivity index (χ0v) is 25.8. The molecule has 0 aliphatic carbocycles. The van der Waals surface area contributed by atoms with Crippen molar-refractivity contribution in [1.29, 1.82) is 10.5 Å². The Hall–Kier alpha value is -6.88. The fraction of sp³-hybridized carbons (Fsp3) is 0. The van der Waals surface area contributed by atoms with Crippen molar-refractivity contribution in [3.8, 4) is 45.8 Å². The molecule has 0 spiro atoms. The summed E-state index contributed by atoms with van der Waals surface area (Å²) in [6.45, 7) is 0.